The zero-order valence-corrected chi connectivity index (χ0v) is 12.6. The molecule has 0 saturated carbocycles. The lowest BCUT2D eigenvalue weighted by Crippen LogP contribution is -2.35. The molecule has 1 aromatic carbocycles. The lowest BCUT2D eigenvalue weighted by molar-refractivity contribution is 0.123. The van der Waals surface area contributed by atoms with Crippen LogP contribution in [0.2, 0.25) is 0 Å². The minimum Gasteiger partial charge on any atom is -0.385 e. The van der Waals surface area contributed by atoms with Crippen LogP contribution in [-0.2, 0) is 4.74 Å². The topological polar surface area (TPSA) is 24.5 Å². The summed E-state index contributed by atoms with van der Waals surface area (Å²) in [5.41, 5.74) is 3.79. The van der Waals surface area contributed by atoms with Gasteiger partial charge in [-0.15, -0.1) is 11.3 Å². The number of nitrogens with one attached hydrogen (secondary N) is 1. The number of ether oxygens (including phenoxy) is 1. The first-order valence-corrected chi connectivity index (χ1v) is 8.00. The van der Waals surface area contributed by atoms with Crippen molar-refractivity contribution in [2.75, 3.05) is 43.1 Å². The Labute approximate surface area is 124 Å². The van der Waals surface area contributed by atoms with Gasteiger partial charge in [0.05, 0.1) is 13.2 Å². The van der Waals surface area contributed by atoms with Crippen molar-refractivity contribution in [1.29, 1.82) is 0 Å². The number of hydrogen-bond donors (Lipinski definition) is 1. The van der Waals surface area contributed by atoms with E-state index in [0.29, 0.717) is 0 Å². The second-order valence-electron chi connectivity index (χ2n) is 4.88. The predicted octanol–water partition coefficient (Wildman–Crippen LogP) is 3.68. The molecule has 3 rings (SSSR count). The highest BCUT2D eigenvalue weighted by atomic mass is 32.1. The highest BCUT2D eigenvalue weighted by Gasteiger charge is 2.13. The van der Waals surface area contributed by atoms with E-state index >= 15 is 0 Å². The molecule has 0 radical (unpaired) electrons. The molecule has 1 aliphatic rings. The van der Waals surface area contributed by atoms with Crippen LogP contribution in [0.4, 0.5) is 11.4 Å². The zero-order chi connectivity index (χ0) is 13.8. The van der Waals surface area contributed by atoms with Crippen LogP contribution >= 0.6 is 11.3 Å². The van der Waals surface area contributed by atoms with Gasteiger partial charge in [-0.3, -0.25) is 0 Å². The van der Waals surface area contributed by atoms with Gasteiger partial charge >= 0.3 is 0 Å². The van der Waals surface area contributed by atoms with Gasteiger partial charge in [0.2, 0.25) is 0 Å². The van der Waals surface area contributed by atoms with Crippen molar-refractivity contribution in [3.63, 3.8) is 0 Å². The van der Waals surface area contributed by atoms with E-state index in [-0.39, 0.29) is 0 Å². The van der Waals surface area contributed by atoms with Crippen molar-refractivity contribution < 1.29 is 4.74 Å². The Morgan fingerprint density at radius 1 is 1.20 bits per heavy atom. The molecule has 0 amide bonds. The Balaban J connectivity index is 1.75. The predicted molar refractivity (Wildman–Crippen MR) is 87.0 cm³/mol. The summed E-state index contributed by atoms with van der Waals surface area (Å²) >= 11 is 1.81. The molecular weight excluding hydrogens is 268 g/mol. The molecule has 1 aliphatic heterocycles. The van der Waals surface area contributed by atoms with Gasteiger partial charge in [-0.2, -0.15) is 0 Å². The van der Waals surface area contributed by atoms with Crippen molar-refractivity contribution in [1.82, 2.24) is 0 Å². The highest BCUT2D eigenvalue weighted by molar-refractivity contribution is 7.14. The molecule has 0 spiro atoms. The quantitative estimate of drug-likeness (QED) is 0.928. The lowest BCUT2D eigenvalue weighted by Gasteiger charge is -2.27. The van der Waals surface area contributed by atoms with Crippen LogP contribution in [0.1, 0.15) is 6.92 Å². The van der Waals surface area contributed by atoms with E-state index in [1.54, 1.807) is 0 Å². The minimum atomic E-state index is 0.836. The molecule has 4 heteroatoms. The van der Waals surface area contributed by atoms with Crippen molar-refractivity contribution in [2.24, 2.45) is 0 Å². The largest absolute Gasteiger partial charge is 0.385 e. The monoisotopic (exact) mass is 288 g/mol. The molecule has 0 unspecified atom stereocenters. The van der Waals surface area contributed by atoms with E-state index in [1.807, 2.05) is 11.3 Å². The summed E-state index contributed by atoms with van der Waals surface area (Å²) in [6.07, 6.45) is 0. The molecule has 106 valence electrons. The van der Waals surface area contributed by atoms with E-state index in [0.717, 1.165) is 32.8 Å². The van der Waals surface area contributed by atoms with Crippen LogP contribution in [0, 0.1) is 0 Å². The van der Waals surface area contributed by atoms with Gasteiger partial charge in [0, 0.05) is 41.3 Å². The summed E-state index contributed by atoms with van der Waals surface area (Å²) < 4.78 is 5.40. The standard InChI is InChI=1S/C16H20N2OS/c1-2-17-14-5-3-13(4-6-14)16-11-15(12-20-16)18-7-9-19-10-8-18/h3-6,11-12,17H,2,7-10H2,1H3. The van der Waals surface area contributed by atoms with Gasteiger partial charge in [0.25, 0.3) is 0 Å². The molecule has 0 atom stereocenters. The summed E-state index contributed by atoms with van der Waals surface area (Å²) in [6.45, 7) is 6.73. The summed E-state index contributed by atoms with van der Waals surface area (Å²) in [7, 11) is 0. The summed E-state index contributed by atoms with van der Waals surface area (Å²) in [6, 6.07) is 11.0. The molecule has 2 aromatic rings. The average molecular weight is 288 g/mol. The minimum absolute atomic E-state index is 0.836. The maximum absolute atomic E-state index is 5.40. The van der Waals surface area contributed by atoms with Gasteiger partial charge in [0.15, 0.2) is 0 Å². The normalized spacial score (nSPS) is 15.3. The molecule has 1 N–H and O–H groups in total. The summed E-state index contributed by atoms with van der Waals surface area (Å²) in [5, 5.41) is 5.57. The Morgan fingerprint density at radius 3 is 2.65 bits per heavy atom. The third kappa shape index (κ3) is 2.97. The van der Waals surface area contributed by atoms with Gasteiger partial charge in [-0.25, -0.2) is 0 Å². The average Bonchev–Trinajstić information content (AvgIpc) is 2.99. The second-order valence-corrected chi connectivity index (χ2v) is 5.79. The number of nitrogens with zero attached hydrogens (tertiary/aromatic N) is 1. The van der Waals surface area contributed by atoms with Crippen LogP contribution in [0.3, 0.4) is 0 Å². The van der Waals surface area contributed by atoms with Crippen molar-refractivity contribution >= 4 is 22.7 Å². The van der Waals surface area contributed by atoms with Crippen molar-refractivity contribution in [3.8, 4) is 10.4 Å². The van der Waals surface area contributed by atoms with Gasteiger partial charge < -0.3 is 15.0 Å². The SMILES string of the molecule is CCNc1ccc(-c2cc(N3CCOCC3)cs2)cc1. The van der Waals surface area contributed by atoms with Gasteiger partial charge in [-0.05, 0) is 30.7 Å². The first kappa shape index (κ1) is 13.5. The first-order valence-electron chi connectivity index (χ1n) is 7.12. The van der Waals surface area contributed by atoms with Crippen molar-refractivity contribution in [2.45, 2.75) is 6.92 Å². The van der Waals surface area contributed by atoms with Crippen LogP contribution in [0.25, 0.3) is 10.4 Å². The number of benzene rings is 1. The van der Waals surface area contributed by atoms with E-state index in [9.17, 15) is 0 Å². The highest BCUT2D eigenvalue weighted by Crippen LogP contribution is 2.32. The Bertz CT molecular complexity index is 544. The zero-order valence-electron chi connectivity index (χ0n) is 11.8. The van der Waals surface area contributed by atoms with E-state index in [2.05, 4.69) is 52.9 Å². The molecular formula is C16H20N2OS. The fraction of sp³-hybridized carbons (Fsp3) is 0.375. The third-order valence-corrected chi connectivity index (χ3v) is 4.48. The van der Waals surface area contributed by atoms with Gasteiger partial charge in [-0.1, -0.05) is 12.1 Å². The summed E-state index contributed by atoms with van der Waals surface area (Å²) in [4.78, 5) is 3.73. The third-order valence-electron chi connectivity index (χ3n) is 3.51. The van der Waals surface area contributed by atoms with Crippen LogP contribution in [0.15, 0.2) is 35.7 Å². The maximum atomic E-state index is 5.40. The van der Waals surface area contributed by atoms with Gasteiger partial charge in [0.1, 0.15) is 0 Å². The molecule has 2 heterocycles. The van der Waals surface area contributed by atoms with Crippen LogP contribution < -0.4 is 10.2 Å². The van der Waals surface area contributed by atoms with Crippen LogP contribution in [0.5, 0.6) is 0 Å². The maximum Gasteiger partial charge on any atom is 0.0642 e. The molecule has 1 fully saturated rings. The number of rotatable bonds is 4. The molecule has 1 aromatic heterocycles. The number of morpholine rings is 1. The fourth-order valence-electron chi connectivity index (χ4n) is 2.42. The number of hydrogen-bond acceptors (Lipinski definition) is 4. The summed E-state index contributed by atoms with van der Waals surface area (Å²) in [5.74, 6) is 0. The van der Waals surface area contributed by atoms with E-state index < -0.39 is 0 Å². The molecule has 20 heavy (non-hydrogen) atoms. The van der Waals surface area contributed by atoms with E-state index in [1.165, 1.54) is 21.8 Å². The Hall–Kier alpha value is -1.52. The second kappa shape index (κ2) is 6.29. The van der Waals surface area contributed by atoms with Crippen LogP contribution in [-0.4, -0.2) is 32.8 Å². The number of anilines is 2. The smallest absolute Gasteiger partial charge is 0.0642 e. The molecule has 1 saturated heterocycles. The van der Waals surface area contributed by atoms with Crippen molar-refractivity contribution in [3.05, 3.63) is 35.7 Å². The first-order chi connectivity index (χ1) is 9.86. The molecule has 3 nitrogen and oxygen atoms in total. The fourth-order valence-corrected chi connectivity index (χ4v) is 3.35. The molecule has 0 bridgehead atoms. The van der Waals surface area contributed by atoms with E-state index in [4.69, 9.17) is 4.74 Å². The molecule has 0 aliphatic carbocycles. The number of thiophene rings is 1. The Morgan fingerprint density at radius 2 is 1.95 bits per heavy atom. The Kier molecular flexibility index (Phi) is 4.23. The lowest BCUT2D eigenvalue weighted by atomic mass is 10.1.